The summed E-state index contributed by atoms with van der Waals surface area (Å²) in [6.07, 6.45) is -2.67. The minimum absolute atomic E-state index is 0.168. The number of alkyl halides is 3. The third kappa shape index (κ3) is 4.21. The van der Waals surface area contributed by atoms with Gasteiger partial charge in [-0.25, -0.2) is 4.39 Å². The van der Waals surface area contributed by atoms with Crippen LogP contribution in [0.15, 0.2) is 23.2 Å². The molecule has 1 aromatic carbocycles. The van der Waals surface area contributed by atoms with Crippen LogP contribution in [0.1, 0.15) is 60.1 Å². The summed E-state index contributed by atoms with van der Waals surface area (Å²) in [4.78, 5) is 18.0. The Labute approximate surface area is 164 Å². The first-order valence-electron chi connectivity index (χ1n) is 9.05. The molecule has 3 nitrogen and oxygen atoms in total. The molecule has 1 amide bonds. The number of thiazole rings is 1. The molecule has 0 saturated heterocycles. The van der Waals surface area contributed by atoms with Gasteiger partial charge in [-0.2, -0.15) is 18.2 Å². The van der Waals surface area contributed by atoms with Gasteiger partial charge in [0, 0.05) is 17.1 Å². The zero-order valence-corrected chi connectivity index (χ0v) is 17.0. The van der Waals surface area contributed by atoms with Crippen LogP contribution in [0, 0.1) is 18.7 Å². The standard InChI is InChI=1S/C20H22F4N2OS/c1-11-16(19(2,3)4)28-18(26(11)10-12-8-9-12)25-17(27)13-6-5-7-14(15(13)21)20(22,23)24/h5-7,12H,8-10H2,1-4H3. The third-order valence-electron chi connectivity index (χ3n) is 4.71. The number of hydrogen-bond donors (Lipinski definition) is 0. The number of benzene rings is 1. The zero-order valence-electron chi connectivity index (χ0n) is 16.2. The third-order valence-corrected chi connectivity index (χ3v) is 6.31. The Bertz CT molecular complexity index is 976. The number of nitrogens with zero attached hydrogens (tertiary/aromatic N) is 2. The highest BCUT2D eigenvalue weighted by Crippen LogP contribution is 2.34. The molecule has 3 rings (SSSR count). The Kier molecular flexibility index (Phi) is 5.29. The highest BCUT2D eigenvalue weighted by molar-refractivity contribution is 7.09. The van der Waals surface area contributed by atoms with E-state index in [1.165, 1.54) is 11.3 Å². The predicted molar refractivity (Wildman–Crippen MR) is 99.8 cm³/mol. The molecule has 0 atom stereocenters. The number of hydrogen-bond acceptors (Lipinski definition) is 2. The van der Waals surface area contributed by atoms with Crippen LogP contribution in [0.2, 0.25) is 0 Å². The van der Waals surface area contributed by atoms with Crippen LogP contribution in [-0.2, 0) is 18.1 Å². The number of rotatable bonds is 3. The fourth-order valence-electron chi connectivity index (χ4n) is 3.10. The van der Waals surface area contributed by atoms with Gasteiger partial charge < -0.3 is 4.57 Å². The van der Waals surface area contributed by atoms with Crippen LogP contribution < -0.4 is 4.80 Å². The van der Waals surface area contributed by atoms with E-state index in [4.69, 9.17) is 0 Å². The fourth-order valence-corrected chi connectivity index (χ4v) is 4.30. The summed E-state index contributed by atoms with van der Waals surface area (Å²) in [6.45, 7) is 8.80. The van der Waals surface area contributed by atoms with Gasteiger partial charge in [-0.3, -0.25) is 4.79 Å². The van der Waals surface area contributed by atoms with Crippen molar-refractivity contribution in [1.82, 2.24) is 4.57 Å². The lowest BCUT2D eigenvalue weighted by Crippen LogP contribution is -2.20. The van der Waals surface area contributed by atoms with E-state index < -0.39 is 29.0 Å². The molecule has 8 heteroatoms. The molecule has 0 unspecified atom stereocenters. The first-order chi connectivity index (χ1) is 12.9. The monoisotopic (exact) mass is 414 g/mol. The second kappa shape index (κ2) is 7.13. The normalized spacial score (nSPS) is 15.9. The van der Waals surface area contributed by atoms with Crippen LogP contribution in [0.5, 0.6) is 0 Å². The van der Waals surface area contributed by atoms with Crippen molar-refractivity contribution >= 4 is 17.2 Å². The van der Waals surface area contributed by atoms with Crippen LogP contribution in [0.3, 0.4) is 0 Å². The molecule has 0 spiro atoms. The molecule has 0 N–H and O–H groups in total. The van der Waals surface area contributed by atoms with Crippen molar-refractivity contribution in [1.29, 1.82) is 0 Å². The molecule has 2 aromatic rings. The Morgan fingerprint density at radius 2 is 1.89 bits per heavy atom. The predicted octanol–water partition coefficient (Wildman–Crippen LogP) is 5.46. The number of carbonyl (C=O) groups excluding carboxylic acids is 1. The van der Waals surface area contributed by atoms with Crippen molar-refractivity contribution in [3.63, 3.8) is 0 Å². The molecular formula is C20H22F4N2OS. The van der Waals surface area contributed by atoms with E-state index in [2.05, 4.69) is 4.99 Å². The number of aromatic nitrogens is 1. The van der Waals surface area contributed by atoms with Crippen molar-refractivity contribution in [2.75, 3.05) is 0 Å². The van der Waals surface area contributed by atoms with E-state index in [-0.39, 0.29) is 5.41 Å². The van der Waals surface area contributed by atoms with Gasteiger partial charge in [0.05, 0.1) is 11.1 Å². The van der Waals surface area contributed by atoms with Gasteiger partial charge in [-0.05, 0) is 43.2 Å². The van der Waals surface area contributed by atoms with E-state index in [9.17, 15) is 22.4 Å². The Hall–Kier alpha value is -1.96. The topological polar surface area (TPSA) is 34.4 Å². The van der Waals surface area contributed by atoms with E-state index >= 15 is 0 Å². The van der Waals surface area contributed by atoms with E-state index in [1.54, 1.807) is 0 Å². The first kappa shape index (κ1) is 20.8. The molecule has 0 radical (unpaired) electrons. The molecule has 1 saturated carbocycles. The number of amides is 1. The Morgan fingerprint density at radius 3 is 2.43 bits per heavy atom. The van der Waals surface area contributed by atoms with Crippen molar-refractivity contribution < 1.29 is 22.4 Å². The average Bonchev–Trinajstić information content (AvgIpc) is 3.32. The van der Waals surface area contributed by atoms with Crippen LogP contribution in [0.25, 0.3) is 0 Å². The number of carbonyl (C=O) groups is 1. The number of halogens is 4. The Balaban J connectivity index is 2.10. The fraction of sp³-hybridized carbons (Fsp3) is 0.500. The highest BCUT2D eigenvalue weighted by atomic mass is 32.1. The highest BCUT2D eigenvalue weighted by Gasteiger charge is 2.36. The second-order valence-electron chi connectivity index (χ2n) is 8.18. The van der Waals surface area contributed by atoms with Gasteiger partial charge in [0.15, 0.2) is 4.80 Å². The van der Waals surface area contributed by atoms with Crippen molar-refractivity contribution in [2.45, 2.75) is 58.7 Å². The van der Waals surface area contributed by atoms with Crippen LogP contribution >= 0.6 is 11.3 Å². The van der Waals surface area contributed by atoms with Crippen LogP contribution in [0.4, 0.5) is 17.6 Å². The molecule has 152 valence electrons. The van der Waals surface area contributed by atoms with Gasteiger partial charge in [0.1, 0.15) is 5.82 Å². The lowest BCUT2D eigenvalue weighted by molar-refractivity contribution is -0.140. The van der Waals surface area contributed by atoms with E-state index in [1.807, 2.05) is 32.3 Å². The maximum atomic E-state index is 14.3. The van der Waals surface area contributed by atoms with Gasteiger partial charge in [0.2, 0.25) is 0 Å². The zero-order chi connectivity index (χ0) is 20.9. The summed E-state index contributed by atoms with van der Waals surface area (Å²) in [5, 5.41) is 0. The summed E-state index contributed by atoms with van der Waals surface area (Å²) in [6, 6.07) is 2.67. The van der Waals surface area contributed by atoms with Crippen molar-refractivity contribution in [3.05, 3.63) is 50.5 Å². The SMILES string of the molecule is Cc1c(C(C)(C)C)sc(=NC(=O)c2cccc(C(F)(F)F)c2F)n1CC1CC1. The second-order valence-corrected chi connectivity index (χ2v) is 9.16. The smallest absolute Gasteiger partial charge is 0.320 e. The maximum absolute atomic E-state index is 14.3. The van der Waals surface area contributed by atoms with Gasteiger partial charge in [0.25, 0.3) is 5.91 Å². The van der Waals surface area contributed by atoms with Gasteiger partial charge in [-0.1, -0.05) is 26.8 Å². The summed E-state index contributed by atoms with van der Waals surface area (Å²) < 4.78 is 55.1. The largest absolute Gasteiger partial charge is 0.419 e. The van der Waals surface area contributed by atoms with E-state index in [0.29, 0.717) is 23.3 Å². The van der Waals surface area contributed by atoms with Gasteiger partial charge in [-0.15, -0.1) is 11.3 Å². The minimum atomic E-state index is -4.87. The quantitative estimate of drug-likeness (QED) is 0.614. The molecule has 0 aliphatic heterocycles. The molecule has 1 aliphatic rings. The summed E-state index contributed by atoms with van der Waals surface area (Å²) in [7, 11) is 0. The molecule has 28 heavy (non-hydrogen) atoms. The lowest BCUT2D eigenvalue weighted by atomic mass is 9.93. The summed E-state index contributed by atoms with van der Waals surface area (Å²) in [5.41, 5.74) is -1.31. The van der Waals surface area contributed by atoms with Gasteiger partial charge >= 0.3 is 6.18 Å². The summed E-state index contributed by atoms with van der Waals surface area (Å²) in [5.74, 6) is -2.07. The molecule has 1 aromatic heterocycles. The molecule has 0 bridgehead atoms. The Morgan fingerprint density at radius 1 is 1.25 bits per heavy atom. The molecule has 1 fully saturated rings. The summed E-state index contributed by atoms with van der Waals surface area (Å²) >= 11 is 1.33. The first-order valence-corrected chi connectivity index (χ1v) is 9.86. The molecular weight excluding hydrogens is 392 g/mol. The minimum Gasteiger partial charge on any atom is -0.320 e. The molecule has 1 aliphatic carbocycles. The van der Waals surface area contributed by atoms with Crippen molar-refractivity contribution in [3.8, 4) is 0 Å². The lowest BCUT2D eigenvalue weighted by Gasteiger charge is -2.17. The van der Waals surface area contributed by atoms with E-state index in [0.717, 1.165) is 35.5 Å². The molecule has 1 heterocycles. The average molecular weight is 414 g/mol. The maximum Gasteiger partial charge on any atom is 0.419 e. The van der Waals surface area contributed by atoms with Crippen LogP contribution in [-0.4, -0.2) is 10.5 Å². The van der Waals surface area contributed by atoms with Crippen molar-refractivity contribution in [2.24, 2.45) is 10.9 Å².